The Balaban J connectivity index is 1.73. The number of nitrogens with one attached hydrogen (secondary N) is 3. The predicted octanol–water partition coefficient (Wildman–Crippen LogP) is 1.99. The van der Waals surface area contributed by atoms with Crippen LogP contribution in [0, 0.1) is 12.8 Å². The van der Waals surface area contributed by atoms with Crippen LogP contribution < -0.4 is 10.6 Å². The van der Waals surface area contributed by atoms with Crippen LogP contribution in [0.3, 0.4) is 0 Å². The maximum absolute atomic E-state index is 4.35. The number of H-pyrrole nitrogens is 1. The molecule has 0 atom stereocenters. The maximum atomic E-state index is 4.35. The number of aromatic nitrogens is 3. The lowest BCUT2D eigenvalue weighted by Crippen LogP contribution is -2.24. The van der Waals surface area contributed by atoms with Crippen molar-refractivity contribution in [2.24, 2.45) is 5.92 Å². The Morgan fingerprint density at radius 1 is 1.25 bits per heavy atom. The molecule has 0 aromatic carbocycles. The minimum Gasteiger partial charge on any atom is -0.341 e. The van der Waals surface area contributed by atoms with Gasteiger partial charge in [0, 0.05) is 12.7 Å². The van der Waals surface area contributed by atoms with Gasteiger partial charge in [-0.15, -0.1) is 0 Å². The van der Waals surface area contributed by atoms with E-state index < -0.39 is 0 Å². The summed E-state index contributed by atoms with van der Waals surface area (Å²) in [5, 5.41) is 6.93. The molecule has 0 aliphatic heterocycles. The van der Waals surface area contributed by atoms with E-state index in [2.05, 4.69) is 39.4 Å². The van der Waals surface area contributed by atoms with Crippen molar-refractivity contribution in [2.45, 2.75) is 33.7 Å². The Labute approximate surface area is 120 Å². The number of hydrogen-bond acceptors (Lipinski definition) is 4. The molecule has 0 bridgehead atoms. The summed E-state index contributed by atoms with van der Waals surface area (Å²) in [6, 6.07) is 2.05. The summed E-state index contributed by atoms with van der Waals surface area (Å²) in [7, 11) is 0. The highest BCUT2D eigenvalue weighted by Crippen LogP contribution is 2.13. The fourth-order valence-corrected chi connectivity index (χ4v) is 2.18. The third-order valence-corrected chi connectivity index (χ3v) is 3.17. The summed E-state index contributed by atoms with van der Waals surface area (Å²) in [6.45, 7) is 10.4. The van der Waals surface area contributed by atoms with Crippen LogP contribution in [0.1, 0.15) is 31.7 Å². The fourth-order valence-electron chi connectivity index (χ4n) is 2.18. The molecule has 5 nitrogen and oxygen atoms in total. The largest absolute Gasteiger partial charge is 0.341 e. The average molecular weight is 275 g/mol. The highest BCUT2D eigenvalue weighted by molar-refractivity contribution is 5.74. The Bertz CT molecular complexity index is 532. The van der Waals surface area contributed by atoms with Gasteiger partial charge in [0.1, 0.15) is 5.82 Å². The minimum absolute atomic E-state index is 0.719. The molecule has 3 N–H and O–H groups in total. The normalized spacial score (nSPS) is 11.6. The standard InChI is InChI=1S/C15H25N5/c1-11(2)9-16-6-4-7-17-10-13-5-8-18-15-14(13)19-12(3)20-15/h5,8,11,16-17H,4,6-7,9-10H2,1-3H3,(H,18,19,20). The van der Waals surface area contributed by atoms with Crippen LogP contribution in [-0.2, 0) is 6.54 Å². The number of aryl methyl sites for hydroxylation is 1. The van der Waals surface area contributed by atoms with E-state index in [1.165, 1.54) is 5.56 Å². The highest BCUT2D eigenvalue weighted by atomic mass is 15.0. The topological polar surface area (TPSA) is 65.6 Å². The second-order valence-electron chi connectivity index (χ2n) is 5.62. The molecular weight excluding hydrogens is 250 g/mol. The summed E-state index contributed by atoms with van der Waals surface area (Å²) < 4.78 is 0. The Kier molecular flexibility index (Phi) is 5.49. The molecule has 0 radical (unpaired) electrons. The number of rotatable bonds is 8. The molecular formula is C15H25N5. The van der Waals surface area contributed by atoms with Gasteiger partial charge in [-0.05, 0) is 50.5 Å². The Hall–Kier alpha value is -1.46. The summed E-state index contributed by atoms with van der Waals surface area (Å²) in [5.41, 5.74) is 3.08. The van der Waals surface area contributed by atoms with Crippen molar-refractivity contribution in [3.8, 4) is 0 Å². The van der Waals surface area contributed by atoms with Crippen LogP contribution in [0.15, 0.2) is 12.3 Å². The SMILES string of the molecule is Cc1nc2nccc(CNCCCNCC(C)C)c2[nH]1. The van der Waals surface area contributed by atoms with Crippen LogP contribution in [-0.4, -0.2) is 34.6 Å². The summed E-state index contributed by atoms with van der Waals surface area (Å²) in [6.07, 6.45) is 2.97. The Morgan fingerprint density at radius 2 is 2.05 bits per heavy atom. The molecule has 5 heteroatoms. The zero-order valence-corrected chi connectivity index (χ0v) is 12.7. The van der Waals surface area contributed by atoms with Crippen LogP contribution in [0.5, 0.6) is 0 Å². The molecule has 0 spiro atoms. The quantitative estimate of drug-likeness (QED) is 0.645. The molecule has 2 rings (SSSR count). The van der Waals surface area contributed by atoms with Crippen LogP contribution in [0.2, 0.25) is 0 Å². The lowest BCUT2D eigenvalue weighted by atomic mass is 10.2. The third kappa shape index (κ3) is 4.28. The van der Waals surface area contributed by atoms with E-state index in [1.54, 1.807) is 0 Å². The summed E-state index contributed by atoms with van der Waals surface area (Å²) in [5.74, 6) is 1.63. The van der Waals surface area contributed by atoms with Crippen LogP contribution in [0.25, 0.3) is 11.2 Å². The van der Waals surface area contributed by atoms with Crippen molar-refractivity contribution in [3.63, 3.8) is 0 Å². The van der Waals surface area contributed by atoms with Gasteiger partial charge in [0.05, 0.1) is 5.52 Å². The van der Waals surface area contributed by atoms with E-state index in [9.17, 15) is 0 Å². The van der Waals surface area contributed by atoms with Crippen molar-refractivity contribution >= 4 is 11.2 Å². The molecule has 0 aliphatic carbocycles. The lowest BCUT2D eigenvalue weighted by molar-refractivity contribution is 0.530. The van der Waals surface area contributed by atoms with E-state index in [-0.39, 0.29) is 0 Å². The number of fused-ring (bicyclic) bond motifs is 1. The number of nitrogens with zero attached hydrogens (tertiary/aromatic N) is 2. The monoisotopic (exact) mass is 275 g/mol. The highest BCUT2D eigenvalue weighted by Gasteiger charge is 2.05. The van der Waals surface area contributed by atoms with E-state index >= 15 is 0 Å². The molecule has 20 heavy (non-hydrogen) atoms. The molecule has 2 aromatic heterocycles. The second-order valence-corrected chi connectivity index (χ2v) is 5.62. The zero-order chi connectivity index (χ0) is 14.4. The number of aromatic amines is 1. The van der Waals surface area contributed by atoms with E-state index in [4.69, 9.17) is 0 Å². The number of hydrogen-bond donors (Lipinski definition) is 3. The third-order valence-electron chi connectivity index (χ3n) is 3.17. The molecule has 0 saturated heterocycles. The summed E-state index contributed by atoms with van der Waals surface area (Å²) in [4.78, 5) is 11.9. The zero-order valence-electron chi connectivity index (χ0n) is 12.7. The van der Waals surface area contributed by atoms with Gasteiger partial charge in [-0.25, -0.2) is 9.97 Å². The fraction of sp³-hybridized carbons (Fsp3) is 0.600. The van der Waals surface area contributed by atoms with Gasteiger partial charge in [-0.1, -0.05) is 13.8 Å². The number of pyridine rings is 1. The lowest BCUT2D eigenvalue weighted by Gasteiger charge is -2.08. The minimum atomic E-state index is 0.719. The van der Waals surface area contributed by atoms with Gasteiger partial charge >= 0.3 is 0 Å². The molecule has 0 aliphatic rings. The first-order valence-electron chi connectivity index (χ1n) is 7.38. The molecule has 0 fully saturated rings. The van der Waals surface area contributed by atoms with E-state index in [0.29, 0.717) is 0 Å². The van der Waals surface area contributed by atoms with Crippen molar-refractivity contribution in [3.05, 3.63) is 23.7 Å². The van der Waals surface area contributed by atoms with Gasteiger partial charge in [0.2, 0.25) is 0 Å². The average Bonchev–Trinajstić information content (AvgIpc) is 2.78. The van der Waals surface area contributed by atoms with Gasteiger partial charge in [-0.2, -0.15) is 0 Å². The van der Waals surface area contributed by atoms with Crippen molar-refractivity contribution in [1.29, 1.82) is 0 Å². The summed E-state index contributed by atoms with van der Waals surface area (Å²) >= 11 is 0. The molecule has 0 unspecified atom stereocenters. The first kappa shape index (κ1) is 14.9. The molecule has 110 valence electrons. The van der Waals surface area contributed by atoms with Gasteiger partial charge < -0.3 is 15.6 Å². The molecule has 0 amide bonds. The van der Waals surface area contributed by atoms with Gasteiger partial charge in [-0.3, -0.25) is 0 Å². The first-order chi connectivity index (χ1) is 9.66. The van der Waals surface area contributed by atoms with Crippen LogP contribution in [0.4, 0.5) is 0 Å². The molecule has 2 heterocycles. The second kappa shape index (κ2) is 7.36. The van der Waals surface area contributed by atoms with Gasteiger partial charge in [0.25, 0.3) is 0 Å². The van der Waals surface area contributed by atoms with E-state index in [0.717, 1.165) is 55.5 Å². The smallest absolute Gasteiger partial charge is 0.177 e. The first-order valence-corrected chi connectivity index (χ1v) is 7.38. The van der Waals surface area contributed by atoms with Crippen molar-refractivity contribution in [1.82, 2.24) is 25.6 Å². The predicted molar refractivity (Wildman–Crippen MR) is 82.7 cm³/mol. The van der Waals surface area contributed by atoms with E-state index in [1.807, 2.05) is 19.2 Å². The molecule has 0 saturated carbocycles. The van der Waals surface area contributed by atoms with Crippen LogP contribution >= 0.6 is 0 Å². The van der Waals surface area contributed by atoms with Crippen molar-refractivity contribution in [2.75, 3.05) is 19.6 Å². The molecule has 2 aromatic rings. The number of imidazole rings is 1. The van der Waals surface area contributed by atoms with Gasteiger partial charge in [0.15, 0.2) is 5.65 Å². The Morgan fingerprint density at radius 3 is 2.85 bits per heavy atom. The van der Waals surface area contributed by atoms with Crippen molar-refractivity contribution < 1.29 is 0 Å². The maximum Gasteiger partial charge on any atom is 0.177 e.